The minimum atomic E-state index is -0.554. The Bertz CT molecular complexity index is 1010. The van der Waals surface area contributed by atoms with Crippen molar-refractivity contribution in [2.75, 3.05) is 10.6 Å². The molecule has 2 amide bonds. The van der Waals surface area contributed by atoms with Gasteiger partial charge >= 0.3 is 0 Å². The Morgan fingerprint density at radius 3 is 2.92 bits per heavy atom. The number of thiophene rings is 1. The molecule has 1 aliphatic heterocycles. The number of anilines is 2. The number of rotatable bonds is 2. The highest BCUT2D eigenvalue weighted by molar-refractivity contribution is 7.20. The summed E-state index contributed by atoms with van der Waals surface area (Å²) in [4.78, 5) is 24.5. The largest absolute Gasteiger partial charge is 0.479 e. The lowest BCUT2D eigenvalue weighted by Gasteiger charge is -2.23. The van der Waals surface area contributed by atoms with Crippen molar-refractivity contribution in [3.63, 3.8) is 0 Å². The first-order chi connectivity index (χ1) is 12.0. The van der Waals surface area contributed by atoms with Gasteiger partial charge in [0.2, 0.25) is 0 Å². The fourth-order valence-electron chi connectivity index (χ4n) is 2.62. The molecule has 1 unspecified atom stereocenters. The maximum Gasteiger partial charge on any atom is 0.265 e. The molecule has 2 aromatic carbocycles. The van der Waals surface area contributed by atoms with E-state index in [1.165, 1.54) is 23.5 Å². The predicted octanol–water partition coefficient (Wildman–Crippen LogP) is 4.01. The molecule has 0 spiro atoms. The van der Waals surface area contributed by atoms with E-state index in [4.69, 9.17) is 4.74 Å². The van der Waals surface area contributed by atoms with Crippen molar-refractivity contribution in [2.45, 2.75) is 13.0 Å². The molecule has 2 heterocycles. The third-order valence-electron chi connectivity index (χ3n) is 3.90. The molecule has 0 aliphatic carbocycles. The van der Waals surface area contributed by atoms with Crippen LogP contribution in [-0.2, 0) is 4.79 Å². The average molecular weight is 356 g/mol. The third kappa shape index (κ3) is 2.83. The fourth-order valence-corrected chi connectivity index (χ4v) is 3.59. The van der Waals surface area contributed by atoms with Gasteiger partial charge in [-0.15, -0.1) is 11.3 Å². The molecule has 0 radical (unpaired) electrons. The van der Waals surface area contributed by atoms with Crippen LogP contribution in [0.25, 0.3) is 10.1 Å². The number of halogens is 1. The molecule has 0 saturated heterocycles. The monoisotopic (exact) mass is 356 g/mol. The highest BCUT2D eigenvalue weighted by atomic mass is 32.1. The van der Waals surface area contributed by atoms with Crippen molar-refractivity contribution >= 4 is 44.6 Å². The molecule has 0 saturated carbocycles. The summed E-state index contributed by atoms with van der Waals surface area (Å²) >= 11 is 1.22. The van der Waals surface area contributed by atoms with Crippen molar-refractivity contribution in [2.24, 2.45) is 0 Å². The van der Waals surface area contributed by atoms with Gasteiger partial charge in [-0.1, -0.05) is 6.07 Å². The Balaban J connectivity index is 1.59. The van der Waals surface area contributed by atoms with Gasteiger partial charge in [0.1, 0.15) is 11.6 Å². The topological polar surface area (TPSA) is 67.4 Å². The molecular formula is C18H13FN2O3S. The van der Waals surface area contributed by atoms with Crippen LogP contribution in [0.3, 0.4) is 0 Å². The van der Waals surface area contributed by atoms with Crippen LogP contribution in [0.15, 0.2) is 42.5 Å². The zero-order valence-corrected chi connectivity index (χ0v) is 13.9. The van der Waals surface area contributed by atoms with Gasteiger partial charge in [-0.05, 0) is 43.3 Å². The Kier molecular flexibility index (Phi) is 3.65. The van der Waals surface area contributed by atoms with Crippen molar-refractivity contribution in [3.05, 3.63) is 53.2 Å². The van der Waals surface area contributed by atoms with Crippen LogP contribution in [0.2, 0.25) is 0 Å². The molecule has 5 nitrogen and oxygen atoms in total. The Morgan fingerprint density at radius 2 is 2.12 bits per heavy atom. The highest BCUT2D eigenvalue weighted by Crippen LogP contribution is 2.33. The molecule has 1 aliphatic rings. The summed E-state index contributed by atoms with van der Waals surface area (Å²) in [5.41, 5.74) is 1.02. The lowest BCUT2D eigenvalue weighted by Crippen LogP contribution is -2.34. The second-order valence-corrected chi connectivity index (χ2v) is 6.76. The van der Waals surface area contributed by atoms with Crippen LogP contribution in [-0.4, -0.2) is 17.9 Å². The van der Waals surface area contributed by atoms with Gasteiger partial charge in [-0.3, -0.25) is 9.59 Å². The summed E-state index contributed by atoms with van der Waals surface area (Å²) in [7, 11) is 0. The summed E-state index contributed by atoms with van der Waals surface area (Å²) in [6.07, 6.45) is -0.554. The van der Waals surface area contributed by atoms with E-state index in [2.05, 4.69) is 10.6 Å². The maximum absolute atomic E-state index is 13.8. The molecule has 1 atom stereocenters. The number of ether oxygens (including phenoxy) is 1. The first-order valence-corrected chi connectivity index (χ1v) is 8.44. The molecule has 0 bridgehead atoms. The number of hydrogen-bond donors (Lipinski definition) is 2. The number of benzene rings is 2. The Hall–Kier alpha value is -2.93. The third-order valence-corrected chi connectivity index (χ3v) is 5.00. The number of carbonyl (C=O) groups excluding carboxylic acids is 2. The van der Waals surface area contributed by atoms with Gasteiger partial charge in [-0.25, -0.2) is 4.39 Å². The van der Waals surface area contributed by atoms with Gasteiger partial charge < -0.3 is 15.4 Å². The van der Waals surface area contributed by atoms with Crippen LogP contribution >= 0.6 is 11.3 Å². The van der Waals surface area contributed by atoms with Gasteiger partial charge in [0.25, 0.3) is 11.8 Å². The van der Waals surface area contributed by atoms with Crippen molar-refractivity contribution < 1.29 is 18.7 Å². The van der Waals surface area contributed by atoms with E-state index in [-0.39, 0.29) is 17.6 Å². The lowest BCUT2D eigenvalue weighted by molar-refractivity contribution is -0.122. The molecule has 0 fully saturated rings. The molecule has 2 N–H and O–H groups in total. The Morgan fingerprint density at radius 1 is 1.28 bits per heavy atom. The SMILES string of the molecule is CC1Oc2ccc(NC(=O)c3cc4c(F)cccc4s3)cc2NC1=O. The summed E-state index contributed by atoms with van der Waals surface area (Å²) in [6, 6.07) is 11.3. The highest BCUT2D eigenvalue weighted by Gasteiger charge is 2.23. The summed E-state index contributed by atoms with van der Waals surface area (Å²) in [5.74, 6) is -0.377. The van der Waals surface area contributed by atoms with Gasteiger partial charge in [0.05, 0.1) is 10.6 Å². The van der Waals surface area contributed by atoms with E-state index in [1.807, 2.05) is 0 Å². The predicted molar refractivity (Wildman–Crippen MR) is 94.9 cm³/mol. The van der Waals surface area contributed by atoms with Crippen LogP contribution < -0.4 is 15.4 Å². The number of carbonyl (C=O) groups is 2. The minimum absolute atomic E-state index is 0.240. The normalized spacial score (nSPS) is 16.1. The van der Waals surface area contributed by atoms with E-state index in [0.29, 0.717) is 32.1 Å². The van der Waals surface area contributed by atoms with Gasteiger partial charge in [0.15, 0.2) is 6.10 Å². The van der Waals surface area contributed by atoms with Gasteiger partial charge in [0, 0.05) is 15.8 Å². The smallest absolute Gasteiger partial charge is 0.265 e. The second-order valence-electron chi connectivity index (χ2n) is 5.68. The molecule has 1 aromatic heterocycles. The van der Waals surface area contributed by atoms with E-state index in [1.54, 1.807) is 37.3 Å². The quantitative estimate of drug-likeness (QED) is 0.729. The van der Waals surface area contributed by atoms with E-state index in [9.17, 15) is 14.0 Å². The van der Waals surface area contributed by atoms with Crippen LogP contribution in [0.4, 0.5) is 15.8 Å². The Labute approximate surface area is 146 Å². The number of fused-ring (bicyclic) bond motifs is 2. The number of nitrogens with one attached hydrogen (secondary N) is 2. The summed E-state index contributed by atoms with van der Waals surface area (Å²) in [5, 5.41) is 5.92. The first-order valence-electron chi connectivity index (χ1n) is 7.62. The average Bonchev–Trinajstić information content (AvgIpc) is 3.02. The maximum atomic E-state index is 13.8. The molecular weight excluding hydrogens is 343 g/mol. The van der Waals surface area contributed by atoms with Crippen LogP contribution in [0, 0.1) is 5.82 Å². The van der Waals surface area contributed by atoms with Crippen molar-refractivity contribution in [1.82, 2.24) is 0 Å². The standard InChI is InChI=1S/C18H13FN2O3S/c1-9-17(22)21-13-7-10(5-6-14(13)24-9)20-18(23)16-8-11-12(19)3-2-4-15(11)25-16/h2-9H,1H3,(H,20,23)(H,21,22). The molecule has 3 aromatic rings. The molecule has 7 heteroatoms. The zero-order chi connectivity index (χ0) is 17.6. The number of hydrogen-bond acceptors (Lipinski definition) is 4. The van der Waals surface area contributed by atoms with Crippen LogP contribution in [0.5, 0.6) is 5.75 Å². The first kappa shape index (κ1) is 15.6. The molecule has 25 heavy (non-hydrogen) atoms. The van der Waals surface area contributed by atoms with E-state index < -0.39 is 6.10 Å². The van der Waals surface area contributed by atoms with Crippen LogP contribution in [0.1, 0.15) is 16.6 Å². The van der Waals surface area contributed by atoms with E-state index in [0.717, 1.165) is 0 Å². The fraction of sp³-hybridized carbons (Fsp3) is 0.111. The number of amides is 2. The summed E-state index contributed by atoms with van der Waals surface area (Å²) in [6.45, 7) is 1.66. The van der Waals surface area contributed by atoms with Crippen molar-refractivity contribution in [1.29, 1.82) is 0 Å². The van der Waals surface area contributed by atoms with E-state index >= 15 is 0 Å². The minimum Gasteiger partial charge on any atom is -0.479 e. The molecule has 126 valence electrons. The van der Waals surface area contributed by atoms with Crippen molar-refractivity contribution in [3.8, 4) is 5.75 Å². The lowest BCUT2D eigenvalue weighted by atomic mass is 10.2. The zero-order valence-electron chi connectivity index (χ0n) is 13.1. The molecule has 4 rings (SSSR count). The second kappa shape index (κ2) is 5.86. The summed E-state index contributed by atoms with van der Waals surface area (Å²) < 4.78 is 20.0. The van der Waals surface area contributed by atoms with Gasteiger partial charge in [-0.2, -0.15) is 0 Å².